The number of carbonyl (C=O) groups is 10. The minimum absolute atomic E-state index is 0.0192. The number of hydrogen-bond donors (Lipinski definition) is 5. The molecule has 0 spiro atoms. The fourth-order valence-electron chi connectivity index (χ4n) is 8.03. The van der Waals surface area contributed by atoms with Gasteiger partial charge >= 0.3 is 5.97 Å². The molecule has 2 rings (SSSR count). The molecule has 5 N–H and O–H groups in total. The Labute approximate surface area is 402 Å². The van der Waals surface area contributed by atoms with Gasteiger partial charge in [-0.25, -0.2) is 0 Å². The maximum atomic E-state index is 14.5. The van der Waals surface area contributed by atoms with E-state index in [4.69, 9.17) is 4.74 Å². The van der Waals surface area contributed by atoms with Crippen molar-refractivity contribution >= 4 is 59.0 Å². The molecule has 1 heterocycles. The molecule has 0 radical (unpaired) electrons. The lowest BCUT2D eigenvalue weighted by atomic mass is 9.83. The summed E-state index contributed by atoms with van der Waals surface area (Å²) in [6.45, 7) is 18.2. The highest BCUT2D eigenvalue weighted by molar-refractivity contribution is 6.09. The van der Waals surface area contributed by atoms with E-state index in [9.17, 15) is 47.9 Å². The number of rotatable bonds is 8. The predicted octanol–water partition coefficient (Wildman–Crippen LogP) is 1.75. The fraction of sp³-hybridized carbons (Fsp3) is 0.673. The van der Waals surface area contributed by atoms with Crippen LogP contribution in [0.1, 0.15) is 108 Å². The van der Waals surface area contributed by atoms with Crippen LogP contribution >= 0.6 is 0 Å². The van der Waals surface area contributed by atoms with Crippen molar-refractivity contribution in [1.29, 1.82) is 0 Å². The summed E-state index contributed by atoms with van der Waals surface area (Å²) in [6.07, 6.45) is -0.161. The van der Waals surface area contributed by atoms with Crippen LogP contribution in [0.4, 0.5) is 0 Å². The first kappa shape index (κ1) is 58.2. The number of nitrogens with zero attached hydrogens (tertiary/aromatic N) is 3. The number of nitrogens with one attached hydrogen (secondary N) is 5. The lowest BCUT2D eigenvalue weighted by molar-refractivity contribution is -0.163. The molecule has 0 aromatic heterocycles. The average Bonchev–Trinajstić information content (AvgIpc) is 3.30. The number of likely N-dealkylation sites (N-methyl/N-ethyl adjacent to an activating group) is 3. The zero-order valence-corrected chi connectivity index (χ0v) is 42.8. The maximum Gasteiger partial charge on any atom is 0.311 e. The second-order valence-electron chi connectivity index (χ2n) is 19.1. The first-order valence-corrected chi connectivity index (χ1v) is 23.7. The zero-order valence-electron chi connectivity index (χ0n) is 42.8. The highest BCUT2D eigenvalue weighted by Crippen LogP contribution is 2.23. The predicted molar refractivity (Wildman–Crippen MR) is 255 cm³/mol. The Morgan fingerprint density at radius 2 is 1.18 bits per heavy atom. The molecule has 1 saturated heterocycles. The van der Waals surface area contributed by atoms with Gasteiger partial charge in [-0.05, 0) is 64.9 Å². The molecule has 380 valence electrons. The molecule has 0 aliphatic carbocycles. The Kier molecular flexibility index (Phi) is 22.3. The molecule has 8 amide bonds. The van der Waals surface area contributed by atoms with Gasteiger partial charge in [-0.2, -0.15) is 0 Å². The van der Waals surface area contributed by atoms with Gasteiger partial charge in [-0.3, -0.25) is 47.9 Å². The van der Waals surface area contributed by atoms with Gasteiger partial charge in [0.15, 0.2) is 11.9 Å². The SMILES string of the molecule is CCC1NC(=O)[C@H](C)NC(=O)C(C)(C)C(=O)[C@H](C)NC(=O)C(Cc2ccccc2)N(C)C(=O)[C@H](C(C)C)N(C)C(=O)CNC(=O)[C@H]([C@@H](C)CC)N(C)C(=O)CNC(=O)[C@H]([C@@H](C)CC)OC(=O)[C@H]1C. The summed E-state index contributed by atoms with van der Waals surface area (Å²) in [5.41, 5.74) is -1.08. The van der Waals surface area contributed by atoms with E-state index in [0.29, 0.717) is 18.4 Å². The largest absolute Gasteiger partial charge is 0.452 e. The normalized spacial score (nSPS) is 27.6. The van der Waals surface area contributed by atoms with Crippen LogP contribution in [0.5, 0.6) is 0 Å². The molecule has 1 fully saturated rings. The van der Waals surface area contributed by atoms with Crippen LogP contribution in [-0.2, 0) is 59.1 Å². The van der Waals surface area contributed by atoms with Crippen molar-refractivity contribution in [2.24, 2.45) is 29.1 Å². The summed E-state index contributed by atoms with van der Waals surface area (Å²) >= 11 is 0. The van der Waals surface area contributed by atoms with Crippen molar-refractivity contribution in [2.45, 2.75) is 151 Å². The molecule has 1 aromatic carbocycles. The highest BCUT2D eigenvalue weighted by atomic mass is 16.5. The van der Waals surface area contributed by atoms with Crippen LogP contribution in [0.25, 0.3) is 0 Å². The molecule has 1 aliphatic rings. The second-order valence-corrected chi connectivity index (χ2v) is 19.1. The van der Waals surface area contributed by atoms with Crippen LogP contribution in [0.3, 0.4) is 0 Å². The van der Waals surface area contributed by atoms with E-state index in [1.165, 1.54) is 70.5 Å². The van der Waals surface area contributed by atoms with Crippen molar-refractivity contribution in [3.8, 4) is 0 Å². The van der Waals surface area contributed by atoms with Gasteiger partial charge in [0.05, 0.1) is 25.0 Å². The number of benzene rings is 1. The van der Waals surface area contributed by atoms with Crippen molar-refractivity contribution in [3.63, 3.8) is 0 Å². The van der Waals surface area contributed by atoms with Crippen molar-refractivity contribution in [2.75, 3.05) is 34.2 Å². The van der Waals surface area contributed by atoms with E-state index in [0.717, 1.165) is 0 Å². The Morgan fingerprint density at radius 1 is 0.647 bits per heavy atom. The molecule has 0 bridgehead atoms. The number of amides is 8. The Hall–Kier alpha value is -5.88. The van der Waals surface area contributed by atoms with E-state index >= 15 is 0 Å². The summed E-state index contributed by atoms with van der Waals surface area (Å²) in [6, 6.07) is 2.24. The third-order valence-electron chi connectivity index (χ3n) is 13.3. The molecular formula is C49H78N8O11. The number of ether oxygens (including phenoxy) is 1. The van der Waals surface area contributed by atoms with Gasteiger partial charge < -0.3 is 46.0 Å². The van der Waals surface area contributed by atoms with Gasteiger partial charge in [-0.15, -0.1) is 0 Å². The lowest BCUT2D eigenvalue weighted by Crippen LogP contribution is -2.60. The summed E-state index contributed by atoms with van der Waals surface area (Å²) in [5, 5.41) is 13.2. The Morgan fingerprint density at radius 3 is 1.69 bits per heavy atom. The zero-order chi connectivity index (χ0) is 52.0. The van der Waals surface area contributed by atoms with Gasteiger partial charge in [-0.1, -0.05) is 85.2 Å². The standard InChI is InChI=1S/C49H78N8O11/c1-16-28(6)39-44(63)50-25-36(58)56(14)38(27(4)5)46(65)55(13)35(24-33-22-20-19-21-23-33)43(62)52-31(9)41(60)49(11,12)48(67)53-32(10)42(61)54-34(18-3)30(8)47(66)68-40(29(7)17-2)45(64)51-26-37(59)57(39)15/h19-23,27-32,34-35,38-40H,16-18,24-26H2,1-15H3,(H,50,63)(H,51,64)(H,52,62)(H,53,67)(H,54,61)/t28-,29-,30-,31-,32-,34?,35?,38-,39-,40-/m0/s1. The molecule has 0 saturated carbocycles. The summed E-state index contributed by atoms with van der Waals surface area (Å²) in [4.78, 5) is 142. The van der Waals surface area contributed by atoms with Crippen LogP contribution < -0.4 is 26.6 Å². The lowest BCUT2D eigenvalue weighted by Gasteiger charge is -2.37. The van der Waals surface area contributed by atoms with E-state index < -0.39 is 144 Å². The first-order chi connectivity index (χ1) is 31.7. The maximum absolute atomic E-state index is 14.5. The van der Waals surface area contributed by atoms with Gasteiger partial charge in [0, 0.05) is 39.5 Å². The van der Waals surface area contributed by atoms with Gasteiger partial charge in [0.1, 0.15) is 29.6 Å². The highest BCUT2D eigenvalue weighted by Gasteiger charge is 2.43. The second kappa shape index (κ2) is 26.0. The molecule has 10 atom stereocenters. The third kappa shape index (κ3) is 15.1. The molecular weight excluding hydrogens is 877 g/mol. The number of cyclic esters (lactones) is 1. The Bertz CT molecular complexity index is 1980. The van der Waals surface area contributed by atoms with Crippen LogP contribution in [-0.4, -0.2) is 150 Å². The molecule has 2 unspecified atom stereocenters. The summed E-state index contributed by atoms with van der Waals surface area (Å²) < 4.78 is 5.75. The number of hydrogen-bond acceptors (Lipinski definition) is 11. The van der Waals surface area contributed by atoms with Crippen molar-refractivity contribution < 1.29 is 52.7 Å². The number of ketones is 1. The smallest absolute Gasteiger partial charge is 0.311 e. The molecule has 19 heteroatoms. The van der Waals surface area contributed by atoms with Crippen LogP contribution in [0.2, 0.25) is 0 Å². The fourth-order valence-corrected chi connectivity index (χ4v) is 8.03. The molecule has 1 aromatic rings. The molecule has 68 heavy (non-hydrogen) atoms. The minimum atomic E-state index is -1.78. The summed E-state index contributed by atoms with van der Waals surface area (Å²) in [7, 11) is 4.24. The number of esters is 1. The van der Waals surface area contributed by atoms with E-state index in [2.05, 4.69) is 26.6 Å². The minimum Gasteiger partial charge on any atom is -0.452 e. The van der Waals surface area contributed by atoms with E-state index in [1.54, 1.807) is 71.9 Å². The Balaban J connectivity index is 2.66. The third-order valence-corrected chi connectivity index (χ3v) is 13.3. The van der Waals surface area contributed by atoms with Crippen LogP contribution in [0.15, 0.2) is 30.3 Å². The first-order valence-electron chi connectivity index (χ1n) is 23.7. The molecule has 19 nitrogen and oxygen atoms in total. The van der Waals surface area contributed by atoms with Crippen molar-refractivity contribution in [1.82, 2.24) is 41.3 Å². The van der Waals surface area contributed by atoms with Gasteiger partial charge in [0.25, 0.3) is 5.91 Å². The molecule has 1 aliphatic heterocycles. The quantitative estimate of drug-likeness (QED) is 0.186. The van der Waals surface area contributed by atoms with Crippen molar-refractivity contribution in [3.05, 3.63) is 35.9 Å². The summed E-state index contributed by atoms with van der Waals surface area (Å²) in [5.74, 6) is -9.29. The number of Topliss-reactive ketones (excluding diaryl/α,β-unsaturated/α-hetero) is 1. The van der Waals surface area contributed by atoms with E-state index in [1.807, 2.05) is 6.92 Å². The average molecular weight is 955 g/mol. The number of carbonyl (C=O) groups excluding carboxylic acids is 10. The van der Waals surface area contributed by atoms with Crippen LogP contribution in [0, 0.1) is 29.1 Å². The van der Waals surface area contributed by atoms with E-state index in [-0.39, 0.29) is 12.8 Å². The monoisotopic (exact) mass is 955 g/mol. The van der Waals surface area contributed by atoms with Gasteiger partial charge in [0.2, 0.25) is 41.4 Å². The topological polar surface area (TPSA) is 250 Å².